The second-order valence-corrected chi connectivity index (χ2v) is 3.41. The summed E-state index contributed by atoms with van der Waals surface area (Å²) in [7, 11) is 0. The van der Waals surface area contributed by atoms with E-state index in [1.807, 2.05) is 0 Å². The molecule has 0 amide bonds. The zero-order valence-electron chi connectivity index (χ0n) is 9.78. The van der Waals surface area contributed by atoms with E-state index in [-0.39, 0.29) is 25.1 Å². The van der Waals surface area contributed by atoms with Crippen LogP contribution in [0.3, 0.4) is 0 Å². The molecule has 6 heteroatoms. The molecule has 6 nitrogen and oxygen atoms in total. The van der Waals surface area contributed by atoms with Crippen molar-refractivity contribution in [2.75, 3.05) is 0 Å². The van der Waals surface area contributed by atoms with Crippen molar-refractivity contribution in [1.29, 1.82) is 0 Å². The second-order valence-electron chi connectivity index (χ2n) is 3.41. The summed E-state index contributed by atoms with van der Waals surface area (Å²) in [6.07, 6.45) is 7.02. The highest BCUT2D eigenvalue weighted by atomic mass is 16.4. The van der Waals surface area contributed by atoms with Gasteiger partial charge >= 0.3 is 11.9 Å². The van der Waals surface area contributed by atoms with Gasteiger partial charge in [0.05, 0.1) is 0 Å². The van der Waals surface area contributed by atoms with Crippen LogP contribution in [0.2, 0.25) is 0 Å². The Labute approximate surface area is 96.2 Å². The Kier molecular flexibility index (Phi) is 17.6. The Hall–Kier alpha value is -1.14. The van der Waals surface area contributed by atoms with Crippen molar-refractivity contribution in [2.24, 2.45) is 0 Å². The maximum absolute atomic E-state index is 9.90. The van der Waals surface area contributed by atoms with Gasteiger partial charge in [-0.2, -0.15) is 0 Å². The Balaban J connectivity index is -0.000000238. The highest BCUT2D eigenvalue weighted by Gasteiger charge is 1.99. The number of unbranched alkanes of at least 4 members (excludes halogenated alkanes) is 1. The normalized spacial score (nSPS) is 11.8. The molecule has 1 fully saturated rings. The fourth-order valence-corrected chi connectivity index (χ4v) is 0.802. The fraction of sp³-hybridized carbons (Fsp3) is 0.800. The van der Waals surface area contributed by atoms with Crippen molar-refractivity contribution in [1.82, 2.24) is 12.3 Å². The predicted molar refractivity (Wildman–Crippen MR) is 62.3 cm³/mol. The molecule has 1 saturated carbocycles. The highest BCUT2D eigenvalue weighted by Crippen LogP contribution is 2.15. The van der Waals surface area contributed by atoms with E-state index in [2.05, 4.69) is 0 Å². The largest absolute Gasteiger partial charge is 0.481 e. The van der Waals surface area contributed by atoms with Crippen LogP contribution in [0.15, 0.2) is 0 Å². The molecule has 0 aromatic heterocycles. The van der Waals surface area contributed by atoms with Crippen LogP contribution in [0.25, 0.3) is 0 Å². The van der Waals surface area contributed by atoms with E-state index < -0.39 is 11.9 Å². The molecule has 0 unspecified atom stereocenters. The molecule has 1 aliphatic rings. The number of carboxylic acids is 2. The smallest absolute Gasteiger partial charge is 0.303 e. The van der Waals surface area contributed by atoms with Gasteiger partial charge in [0.1, 0.15) is 0 Å². The lowest BCUT2D eigenvalue weighted by Gasteiger charge is -2.05. The van der Waals surface area contributed by atoms with E-state index in [1.54, 1.807) is 0 Å². The van der Waals surface area contributed by atoms with Crippen molar-refractivity contribution in [3.63, 3.8) is 0 Å². The molecule has 0 saturated heterocycles. The van der Waals surface area contributed by atoms with Crippen LogP contribution in [0.1, 0.15) is 51.4 Å². The molecule has 16 heavy (non-hydrogen) atoms. The number of carbonyl (C=O) groups is 2. The first-order valence-corrected chi connectivity index (χ1v) is 5.06. The third-order valence-corrected chi connectivity index (χ3v) is 2.03. The van der Waals surface area contributed by atoms with Crippen LogP contribution >= 0.6 is 0 Å². The summed E-state index contributed by atoms with van der Waals surface area (Å²) >= 11 is 0. The average molecular weight is 236 g/mol. The van der Waals surface area contributed by atoms with Gasteiger partial charge in [0, 0.05) is 12.8 Å². The van der Waals surface area contributed by atoms with E-state index in [0.717, 1.165) is 0 Å². The topological polar surface area (TPSA) is 145 Å². The van der Waals surface area contributed by atoms with Gasteiger partial charge in [-0.15, -0.1) is 0 Å². The maximum Gasteiger partial charge on any atom is 0.303 e. The number of aliphatic carboxylic acids is 2. The first-order chi connectivity index (χ1) is 6.63. The first kappa shape index (κ1) is 20.3. The Morgan fingerprint density at radius 3 is 1.12 bits per heavy atom. The molecule has 0 radical (unpaired) electrons. The van der Waals surface area contributed by atoms with Crippen LogP contribution in [0, 0.1) is 0 Å². The molecule has 0 aliphatic heterocycles. The van der Waals surface area contributed by atoms with Gasteiger partial charge in [-0.25, -0.2) is 0 Å². The summed E-state index contributed by atoms with van der Waals surface area (Å²) in [5.41, 5.74) is 0. The van der Waals surface area contributed by atoms with Crippen molar-refractivity contribution < 1.29 is 19.8 Å². The van der Waals surface area contributed by atoms with Crippen LogP contribution in [-0.2, 0) is 9.59 Å². The zero-order chi connectivity index (χ0) is 10.8. The van der Waals surface area contributed by atoms with Gasteiger partial charge in [-0.1, -0.05) is 25.7 Å². The maximum atomic E-state index is 9.90. The number of rotatable bonds is 5. The third-order valence-electron chi connectivity index (χ3n) is 2.03. The Bertz CT molecular complexity index is 162. The summed E-state index contributed by atoms with van der Waals surface area (Å²) in [6, 6.07) is 0. The second kappa shape index (κ2) is 13.9. The number of hydrogen-bond acceptors (Lipinski definition) is 4. The van der Waals surface area contributed by atoms with E-state index in [4.69, 9.17) is 10.2 Å². The minimum atomic E-state index is -0.870. The number of hydrogen-bond donors (Lipinski definition) is 4. The highest BCUT2D eigenvalue weighted by molar-refractivity contribution is 5.67. The van der Waals surface area contributed by atoms with Crippen LogP contribution in [0.4, 0.5) is 0 Å². The van der Waals surface area contributed by atoms with Gasteiger partial charge < -0.3 is 22.5 Å². The third kappa shape index (κ3) is 18.6. The summed E-state index contributed by atoms with van der Waals surface area (Å²) < 4.78 is 0. The predicted octanol–water partition coefficient (Wildman–Crippen LogP) is 2.60. The standard InChI is InChI=1S/C6H10O4.C4H8.2H3N/c7-5(8)3-1-2-4-6(9)10;1-2-4-3-1;;/h1-4H2,(H,7,8)(H,9,10);1-4H2;2*1H3. The minimum absolute atomic E-state index is 0. The Morgan fingerprint density at radius 1 is 0.750 bits per heavy atom. The summed E-state index contributed by atoms with van der Waals surface area (Å²) in [4.78, 5) is 19.8. The monoisotopic (exact) mass is 236 g/mol. The first-order valence-electron chi connectivity index (χ1n) is 5.06. The van der Waals surface area contributed by atoms with Crippen molar-refractivity contribution >= 4 is 11.9 Å². The molecule has 0 atom stereocenters. The molecule has 98 valence electrons. The lowest BCUT2D eigenvalue weighted by atomic mass is 10.0. The SMILES string of the molecule is C1CCC1.N.N.O=C(O)CCCCC(=O)O. The average Bonchev–Trinajstić information content (AvgIpc) is 1.94. The van der Waals surface area contributed by atoms with Gasteiger partial charge in [0.15, 0.2) is 0 Å². The fourth-order valence-electron chi connectivity index (χ4n) is 0.802. The molecule has 0 aromatic rings. The van der Waals surface area contributed by atoms with E-state index >= 15 is 0 Å². The van der Waals surface area contributed by atoms with Crippen LogP contribution in [-0.4, -0.2) is 22.2 Å². The molecule has 0 bridgehead atoms. The van der Waals surface area contributed by atoms with Crippen molar-refractivity contribution in [2.45, 2.75) is 51.4 Å². The lowest BCUT2D eigenvalue weighted by Crippen LogP contribution is -1.97. The summed E-state index contributed by atoms with van der Waals surface area (Å²) in [5.74, 6) is -1.74. The van der Waals surface area contributed by atoms with E-state index in [9.17, 15) is 9.59 Å². The quantitative estimate of drug-likeness (QED) is 0.540. The number of carboxylic acid groups (broad SMARTS) is 2. The molecule has 0 aromatic carbocycles. The van der Waals surface area contributed by atoms with Crippen LogP contribution in [0.5, 0.6) is 0 Å². The summed E-state index contributed by atoms with van der Waals surface area (Å²) in [5, 5.41) is 16.3. The van der Waals surface area contributed by atoms with E-state index in [1.165, 1.54) is 25.7 Å². The molecule has 1 rings (SSSR count). The van der Waals surface area contributed by atoms with Gasteiger partial charge in [-0.05, 0) is 12.8 Å². The molecular weight excluding hydrogens is 212 g/mol. The zero-order valence-corrected chi connectivity index (χ0v) is 9.78. The van der Waals surface area contributed by atoms with Gasteiger partial charge in [0.25, 0.3) is 0 Å². The van der Waals surface area contributed by atoms with Crippen molar-refractivity contribution in [3.05, 3.63) is 0 Å². The summed E-state index contributed by atoms with van der Waals surface area (Å²) in [6.45, 7) is 0. The van der Waals surface area contributed by atoms with Crippen molar-refractivity contribution in [3.8, 4) is 0 Å². The van der Waals surface area contributed by atoms with Gasteiger partial charge in [-0.3, -0.25) is 9.59 Å². The van der Waals surface area contributed by atoms with E-state index in [0.29, 0.717) is 12.8 Å². The molecule has 0 heterocycles. The van der Waals surface area contributed by atoms with Crippen LogP contribution < -0.4 is 12.3 Å². The lowest BCUT2D eigenvalue weighted by molar-refractivity contribution is -0.139. The molecule has 0 spiro atoms. The van der Waals surface area contributed by atoms with Gasteiger partial charge in [0.2, 0.25) is 0 Å². The molecule has 8 N–H and O–H groups in total. The Morgan fingerprint density at radius 2 is 1.00 bits per heavy atom. The molecule has 1 aliphatic carbocycles. The molecular formula is C10H24N2O4. The minimum Gasteiger partial charge on any atom is -0.481 e.